The topological polar surface area (TPSA) is 51.8 Å². The lowest BCUT2D eigenvalue weighted by atomic mass is 10.4. The van der Waals surface area contributed by atoms with Crippen LogP contribution in [-0.4, -0.2) is 9.97 Å². The molecule has 1 aromatic rings. The van der Waals surface area contributed by atoms with E-state index in [2.05, 4.69) is 9.97 Å². The molecule has 0 aromatic carbocycles. The summed E-state index contributed by atoms with van der Waals surface area (Å²) in [5, 5.41) is 0. The van der Waals surface area contributed by atoms with E-state index in [1.807, 2.05) is 0 Å². The quantitative estimate of drug-likeness (QED) is 0.625. The van der Waals surface area contributed by atoms with E-state index in [-0.39, 0.29) is 0 Å². The first-order valence-corrected chi connectivity index (χ1v) is 2.50. The summed E-state index contributed by atoms with van der Waals surface area (Å²) in [6, 6.07) is 0. The molecular weight excluding hydrogens is 159 g/mol. The highest BCUT2D eigenvalue weighted by Crippen LogP contribution is 2.26. The number of halogens is 3. The molecule has 0 unspecified atom stereocenters. The van der Waals surface area contributed by atoms with Crippen LogP contribution in [-0.2, 0) is 6.18 Å². The average molecular weight is 165 g/mol. The van der Waals surface area contributed by atoms with Crippen molar-refractivity contribution in [2.75, 3.05) is 5.73 Å². The number of hydrogen-bond acceptors (Lipinski definition) is 3. The molecule has 1 aromatic heterocycles. The molecule has 0 aliphatic heterocycles. The van der Waals surface area contributed by atoms with Crippen molar-refractivity contribution >= 4 is 5.82 Å². The molecule has 0 saturated heterocycles. The van der Waals surface area contributed by atoms with E-state index in [1.165, 1.54) is 0 Å². The van der Waals surface area contributed by atoms with Gasteiger partial charge in [0.2, 0.25) is 0 Å². The van der Waals surface area contributed by atoms with Crippen LogP contribution in [0, 0.1) is 0 Å². The number of alkyl halides is 3. The number of hydrogen-bond donors (Lipinski definition) is 1. The maximum absolute atomic E-state index is 12.0. The second kappa shape index (κ2) is 2.37. The van der Waals surface area contributed by atoms with Crippen molar-refractivity contribution in [3.63, 3.8) is 0 Å². The molecule has 0 saturated carbocycles. The van der Waals surface area contributed by atoms with Crippen LogP contribution in [0.1, 0.15) is 8.44 Å². The van der Waals surface area contributed by atoms with Gasteiger partial charge in [-0.1, -0.05) is 0 Å². The number of nitrogens with zero attached hydrogens (tertiary/aromatic N) is 2. The van der Waals surface area contributed by atoms with Gasteiger partial charge in [0, 0.05) is 0 Å². The molecule has 0 fully saturated rings. The molecule has 0 atom stereocenters. The predicted molar refractivity (Wildman–Crippen MR) is 31.4 cm³/mol. The summed E-state index contributed by atoms with van der Waals surface area (Å²) < 4.78 is 49.7. The van der Waals surface area contributed by atoms with Crippen LogP contribution >= 0.6 is 0 Å². The van der Waals surface area contributed by atoms with E-state index in [4.69, 9.17) is 8.48 Å². The maximum Gasteiger partial charge on any atom is 0.434 e. The second-order valence-electron chi connectivity index (χ2n) is 1.68. The van der Waals surface area contributed by atoms with Crippen LogP contribution in [0.5, 0.6) is 0 Å². The van der Waals surface area contributed by atoms with E-state index in [9.17, 15) is 13.2 Å². The lowest BCUT2D eigenvalue weighted by Crippen LogP contribution is -2.08. The van der Waals surface area contributed by atoms with Gasteiger partial charge >= 0.3 is 6.18 Å². The zero-order valence-corrected chi connectivity index (χ0v) is 5.11. The largest absolute Gasteiger partial charge is 0.434 e. The summed E-state index contributed by atoms with van der Waals surface area (Å²) in [5.41, 5.74) is 3.49. The Morgan fingerprint density at radius 2 is 2.00 bits per heavy atom. The van der Waals surface area contributed by atoms with Crippen molar-refractivity contribution in [2.24, 2.45) is 0 Å². The summed E-state index contributed by atoms with van der Waals surface area (Å²) in [5.74, 6) is -0.488. The van der Waals surface area contributed by atoms with Crippen molar-refractivity contribution in [1.29, 1.82) is 0 Å². The number of nitrogens with two attached hydrogens (primary N) is 1. The second-order valence-corrected chi connectivity index (χ2v) is 1.68. The van der Waals surface area contributed by atoms with Gasteiger partial charge < -0.3 is 5.73 Å². The van der Waals surface area contributed by atoms with E-state index in [1.54, 1.807) is 0 Å². The third-order valence-corrected chi connectivity index (χ3v) is 0.833. The van der Waals surface area contributed by atoms with Crippen molar-refractivity contribution in [3.05, 3.63) is 18.0 Å². The Labute approximate surface area is 62.9 Å². The van der Waals surface area contributed by atoms with Gasteiger partial charge in [-0.25, -0.2) is 9.97 Å². The van der Waals surface area contributed by atoms with Gasteiger partial charge in [-0.05, 0) is 0 Å². The van der Waals surface area contributed by atoms with Crippen LogP contribution in [0.4, 0.5) is 19.0 Å². The monoisotopic (exact) mass is 165 g/mol. The first kappa shape index (κ1) is 5.34. The summed E-state index contributed by atoms with van der Waals surface area (Å²) >= 11 is 0. The molecule has 0 aliphatic carbocycles. The SMILES string of the molecule is [2H]c1nc(C(F)(F)F)c([2H])nc1N. The van der Waals surface area contributed by atoms with E-state index in [0.717, 1.165) is 0 Å². The Bertz CT molecular complexity index is 339. The molecule has 0 amide bonds. The average Bonchev–Trinajstić information content (AvgIpc) is 1.94. The lowest BCUT2D eigenvalue weighted by molar-refractivity contribution is -0.141. The van der Waals surface area contributed by atoms with Crippen molar-refractivity contribution in [3.8, 4) is 0 Å². The van der Waals surface area contributed by atoms with Gasteiger partial charge in [-0.2, -0.15) is 13.2 Å². The molecule has 3 nitrogen and oxygen atoms in total. The first-order valence-electron chi connectivity index (χ1n) is 3.50. The fourth-order valence-corrected chi connectivity index (χ4v) is 0.403. The molecule has 0 spiro atoms. The summed E-state index contributed by atoms with van der Waals surface area (Å²) in [7, 11) is 0. The number of aromatic nitrogens is 2. The Morgan fingerprint density at radius 1 is 1.36 bits per heavy atom. The van der Waals surface area contributed by atoms with Gasteiger partial charge in [-0.3, -0.25) is 0 Å². The summed E-state index contributed by atoms with van der Waals surface area (Å²) in [6.07, 6.45) is -6.61. The van der Waals surface area contributed by atoms with Gasteiger partial charge in [0.15, 0.2) is 5.69 Å². The molecule has 1 heterocycles. The van der Waals surface area contributed by atoms with Crippen LogP contribution in [0.2, 0.25) is 0 Å². The number of nitrogen functional groups attached to an aromatic ring is 1. The van der Waals surface area contributed by atoms with Gasteiger partial charge in [0.1, 0.15) is 5.82 Å². The Balaban J connectivity index is 3.32. The standard InChI is InChI=1S/C5H4F3N3/c6-5(7,8)3-1-11-4(9)2-10-3/h1-2H,(H2,9,11)/i1D,2D. The van der Waals surface area contributed by atoms with Crippen molar-refractivity contribution < 1.29 is 15.9 Å². The molecule has 6 heteroatoms. The van der Waals surface area contributed by atoms with E-state index in [0.29, 0.717) is 0 Å². The number of rotatable bonds is 0. The summed E-state index contributed by atoms with van der Waals surface area (Å²) in [6.45, 7) is 0. The molecule has 2 N–H and O–H groups in total. The highest BCUT2D eigenvalue weighted by atomic mass is 19.4. The van der Waals surface area contributed by atoms with Gasteiger partial charge in [0.05, 0.1) is 15.1 Å². The van der Waals surface area contributed by atoms with Gasteiger partial charge in [0.25, 0.3) is 0 Å². The molecular formula is C5H4F3N3. The third kappa shape index (κ3) is 1.79. The fraction of sp³-hybridized carbons (Fsp3) is 0.200. The minimum absolute atomic E-state index is 0.488. The highest BCUT2D eigenvalue weighted by molar-refractivity contribution is 5.23. The van der Waals surface area contributed by atoms with Crippen LogP contribution in [0.25, 0.3) is 0 Å². The van der Waals surface area contributed by atoms with Crippen molar-refractivity contribution in [1.82, 2.24) is 9.97 Å². The Hall–Kier alpha value is -1.33. The smallest absolute Gasteiger partial charge is 0.382 e. The normalized spacial score (nSPS) is 14.1. The zero-order chi connectivity index (χ0) is 10.2. The predicted octanol–water partition coefficient (Wildman–Crippen LogP) is 1.08. The lowest BCUT2D eigenvalue weighted by Gasteiger charge is -2.03. The Kier molecular flexibility index (Phi) is 1.15. The molecule has 0 radical (unpaired) electrons. The molecule has 11 heavy (non-hydrogen) atoms. The van der Waals surface area contributed by atoms with E-state index < -0.39 is 30.0 Å². The summed E-state index contributed by atoms with van der Waals surface area (Å²) in [4.78, 5) is 5.82. The Morgan fingerprint density at radius 3 is 2.55 bits per heavy atom. The molecule has 0 aliphatic rings. The third-order valence-electron chi connectivity index (χ3n) is 0.833. The first-order chi connectivity index (χ1) is 5.82. The maximum atomic E-state index is 12.0. The molecule has 1 rings (SSSR count). The molecule has 60 valence electrons. The van der Waals surface area contributed by atoms with Gasteiger partial charge in [-0.15, -0.1) is 0 Å². The van der Waals surface area contributed by atoms with Crippen LogP contribution in [0.15, 0.2) is 12.3 Å². The minimum atomic E-state index is -4.77. The zero-order valence-electron chi connectivity index (χ0n) is 7.11. The highest BCUT2D eigenvalue weighted by Gasteiger charge is 2.32. The van der Waals surface area contributed by atoms with Crippen LogP contribution < -0.4 is 5.73 Å². The van der Waals surface area contributed by atoms with E-state index >= 15 is 0 Å². The molecule has 0 bridgehead atoms. The van der Waals surface area contributed by atoms with Crippen molar-refractivity contribution in [2.45, 2.75) is 6.18 Å². The van der Waals surface area contributed by atoms with Crippen LogP contribution in [0.3, 0.4) is 0 Å². The number of anilines is 1. The fourth-order valence-electron chi connectivity index (χ4n) is 0.403. The minimum Gasteiger partial charge on any atom is -0.382 e.